The van der Waals surface area contributed by atoms with Crippen molar-refractivity contribution < 1.29 is 4.74 Å². The number of hydrogen-bond acceptors (Lipinski definition) is 2. The fourth-order valence-corrected chi connectivity index (χ4v) is 2.96. The maximum absolute atomic E-state index is 6.09. The lowest BCUT2D eigenvalue weighted by Crippen LogP contribution is -2.39. The summed E-state index contributed by atoms with van der Waals surface area (Å²) in [6.45, 7) is 0.832. The van der Waals surface area contributed by atoms with Gasteiger partial charge in [0.2, 0.25) is 0 Å². The molecule has 1 N–H and O–H groups in total. The first kappa shape index (κ1) is 14.4. The third-order valence-electron chi connectivity index (χ3n) is 3.86. The Kier molecular flexibility index (Phi) is 4.79. The summed E-state index contributed by atoms with van der Waals surface area (Å²) in [5.74, 6) is 1.63. The lowest BCUT2D eigenvalue weighted by Gasteiger charge is -2.19. The molecule has 1 aliphatic heterocycles. The average Bonchev–Trinajstić information content (AvgIpc) is 2.95. The number of halogens is 1. The number of para-hydroxylation sites is 1. The minimum atomic E-state index is 0.212. The predicted octanol–water partition coefficient (Wildman–Crippen LogP) is 3.43. The monoisotopic (exact) mass is 301 g/mol. The second kappa shape index (κ2) is 6.97. The molecule has 2 aromatic carbocycles. The van der Waals surface area contributed by atoms with Crippen LogP contribution in [0.5, 0.6) is 5.75 Å². The molecule has 1 aliphatic rings. The van der Waals surface area contributed by atoms with Crippen LogP contribution in [-0.4, -0.2) is 24.6 Å². The average molecular weight is 302 g/mol. The van der Waals surface area contributed by atoms with E-state index in [-0.39, 0.29) is 12.1 Å². The second-order valence-electron chi connectivity index (χ2n) is 5.50. The zero-order chi connectivity index (χ0) is 14.5. The highest BCUT2D eigenvalue weighted by Gasteiger charge is 2.22. The molecule has 0 radical (unpaired) electrons. The molecular weight excluding hydrogens is 282 g/mol. The van der Waals surface area contributed by atoms with E-state index in [1.807, 2.05) is 18.2 Å². The highest BCUT2D eigenvalue weighted by molar-refractivity contribution is 6.18. The third kappa shape index (κ3) is 3.78. The van der Waals surface area contributed by atoms with Crippen LogP contribution in [0.4, 0.5) is 0 Å². The third-order valence-corrected chi connectivity index (χ3v) is 4.23. The molecule has 3 heteroatoms. The lowest BCUT2D eigenvalue weighted by molar-refractivity contribution is 0.222. The Bertz CT molecular complexity index is 547. The van der Waals surface area contributed by atoms with Gasteiger partial charge < -0.3 is 10.1 Å². The largest absolute Gasteiger partial charge is 0.488 e. The molecule has 0 aliphatic carbocycles. The van der Waals surface area contributed by atoms with Gasteiger partial charge in [-0.05, 0) is 23.6 Å². The van der Waals surface area contributed by atoms with Crippen molar-refractivity contribution in [3.63, 3.8) is 0 Å². The molecule has 0 spiro atoms. The van der Waals surface area contributed by atoms with Crippen molar-refractivity contribution in [1.29, 1.82) is 0 Å². The van der Waals surface area contributed by atoms with Gasteiger partial charge in [0, 0.05) is 24.9 Å². The summed E-state index contributed by atoms with van der Waals surface area (Å²) in [7, 11) is 0. The fourth-order valence-electron chi connectivity index (χ4n) is 2.75. The van der Waals surface area contributed by atoms with Crippen LogP contribution < -0.4 is 10.1 Å². The van der Waals surface area contributed by atoms with Crippen LogP contribution in [0.3, 0.4) is 0 Å². The van der Waals surface area contributed by atoms with Gasteiger partial charge in [-0.15, -0.1) is 11.6 Å². The summed E-state index contributed by atoms with van der Waals surface area (Å²) < 4.78 is 5.95. The van der Waals surface area contributed by atoms with Crippen LogP contribution in [0.1, 0.15) is 11.1 Å². The number of ether oxygens (including phenoxy) is 1. The second-order valence-corrected chi connectivity index (χ2v) is 5.81. The summed E-state index contributed by atoms with van der Waals surface area (Å²) >= 11 is 6.09. The van der Waals surface area contributed by atoms with E-state index < -0.39 is 0 Å². The van der Waals surface area contributed by atoms with Crippen LogP contribution in [-0.2, 0) is 12.8 Å². The minimum absolute atomic E-state index is 0.212. The Balaban J connectivity index is 1.50. The Morgan fingerprint density at radius 3 is 2.62 bits per heavy atom. The van der Waals surface area contributed by atoms with Gasteiger partial charge in [-0.1, -0.05) is 48.5 Å². The van der Waals surface area contributed by atoms with Crippen molar-refractivity contribution in [3.8, 4) is 5.75 Å². The maximum atomic E-state index is 6.09. The Labute approximate surface area is 131 Å². The van der Waals surface area contributed by atoms with Crippen molar-refractivity contribution >= 4 is 11.6 Å². The number of alkyl halides is 1. The van der Waals surface area contributed by atoms with Crippen LogP contribution in [0.15, 0.2) is 54.6 Å². The number of hydrogen-bond donors (Lipinski definition) is 1. The first-order valence-corrected chi connectivity index (χ1v) is 7.96. The highest BCUT2D eigenvalue weighted by atomic mass is 35.5. The molecule has 0 saturated heterocycles. The van der Waals surface area contributed by atoms with Crippen LogP contribution in [0, 0.1) is 0 Å². The van der Waals surface area contributed by atoms with Crippen LogP contribution >= 0.6 is 11.6 Å². The summed E-state index contributed by atoms with van der Waals surface area (Å²) in [6, 6.07) is 19.0. The molecule has 2 unspecified atom stereocenters. The van der Waals surface area contributed by atoms with Crippen molar-refractivity contribution in [2.75, 3.05) is 12.4 Å². The van der Waals surface area contributed by atoms with Gasteiger partial charge >= 0.3 is 0 Å². The van der Waals surface area contributed by atoms with E-state index in [1.54, 1.807) is 0 Å². The maximum Gasteiger partial charge on any atom is 0.123 e. The first-order chi connectivity index (χ1) is 10.3. The van der Waals surface area contributed by atoms with Gasteiger partial charge in [0.1, 0.15) is 11.9 Å². The number of benzene rings is 2. The molecule has 1 heterocycles. The van der Waals surface area contributed by atoms with Gasteiger partial charge in [-0.2, -0.15) is 0 Å². The van der Waals surface area contributed by atoms with Gasteiger partial charge in [0.05, 0.1) is 0 Å². The van der Waals surface area contributed by atoms with Gasteiger partial charge in [-0.3, -0.25) is 0 Å². The van der Waals surface area contributed by atoms with E-state index in [0.717, 1.165) is 25.1 Å². The predicted molar refractivity (Wildman–Crippen MR) is 87.2 cm³/mol. The van der Waals surface area contributed by atoms with Crippen molar-refractivity contribution in [1.82, 2.24) is 5.32 Å². The quantitative estimate of drug-likeness (QED) is 0.825. The lowest BCUT2D eigenvalue weighted by atomic mass is 10.1. The van der Waals surface area contributed by atoms with Gasteiger partial charge in [-0.25, -0.2) is 0 Å². The molecule has 0 aromatic heterocycles. The molecule has 0 fully saturated rings. The smallest absolute Gasteiger partial charge is 0.123 e. The van der Waals surface area contributed by atoms with Crippen molar-refractivity contribution in [2.24, 2.45) is 0 Å². The molecule has 2 nitrogen and oxygen atoms in total. The molecule has 2 atom stereocenters. The highest BCUT2D eigenvalue weighted by Crippen LogP contribution is 2.27. The van der Waals surface area contributed by atoms with E-state index in [4.69, 9.17) is 16.3 Å². The zero-order valence-electron chi connectivity index (χ0n) is 12.0. The number of fused-ring (bicyclic) bond motifs is 1. The summed E-state index contributed by atoms with van der Waals surface area (Å²) in [5, 5.41) is 3.54. The molecule has 0 bridgehead atoms. The van der Waals surface area contributed by atoms with Gasteiger partial charge in [0.15, 0.2) is 0 Å². The molecule has 110 valence electrons. The molecule has 21 heavy (non-hydrogen) atoms. The molecule has 3 rings (SSSR count). The van der Waals surface area contributed by atoms with Crippen molar-refractivity contribution in [3.05, 3.63) is 65.7 Å². The molecule has 0 saturated carbocycles. The Hall–Kier alpha value is -1.51. The van der Waals surface area contributed by atoms with Crippen molar-refractivity contribution in [2.45, 2.75) is 25.0 Å². The summed E-state index contributed by atoms with van der Waals surface area (Å²) in [6.07, 6.45) is 2.14. The Morgan fingerprint density at radius 2 is 1.86 bits per heavy atom. The van der Waals surface area contributed by atoms with E-state index >= 15 is 0 Å². The molecular formula is C18H20ClNO. The molecule has 0 amide bonds. The normalized spacial score (nSPS) is 18.0. The van der Waals surface area contributed by atoms with E-state index in [0.29, 0.717) is 5.88 Å². The van der Waals surface area contributed by atoms with Crippen LogP contribution in [0.25, 0.3) is 0 Å². The van der Waals surface area contributed by atoms with Gasteiger partial charge in [0.25, 0.3) is 0 Å². The Morgan fingerprint density at radius 1 is 1.10 bits per heavy atom. The number of rotatable bonds is 6. The topological polar surface area (TPSA) is 21.3 Å². The van der Waals surface area contributed by atoms with E-state index in [9.17, 15) is 0 Å². The zero-order valence-corrected chi connectivity index (χ0v) is 12.7. The summed E-state index contributed by atoms with van der Waals surface area (Å²) in [4.78, 5) is 0. The van der Waals surface area contributed by atoms with E-state index in [1.165, 1.54) is 11.1 Å². The standard InChI is InChI=1S/C18H20ClNO/c19-12-16(10-14-6-2-1-3-7-14)20-13-17-11-15-8-4-5-9-18(15)21-17/h1-9,16-17,20H,10-13H2. The van der Waals surface area contributed by atoms with E-state index in [2.05, 4.69) is 41.7 Å². The SMILES string of the molecule is ClCC(Cc1ccccc1)NCC1Cc2ccccc2O1. The molecule has 2 aromatic rings. The fraction of sp³-hybridized carbons (Fsp3) is 0.333. The van der Waals surface area contributed by atoms with Crippen LogP contribution in [0.2, 0.25) is 0 Å². The number of nitrogens with one attached hydrogen (secondary N) is 1. The first-order valence-electron chi connectivity index (χ1n) is 7.43. The summed E-state index contributed by atoms with van der Waals surface area (Å²) in [5.41, 5.74) is 2.61. The minimum Gasteiger partial charge on any atom is -0.488 e.